The highest BCUT2D eigenvalue weighted by atomic mass is 35.5. The first kappa shape index (κ1) is 15.5. The van der Waals surface area contributed by atoms with Crippen molar-refractivity contribution < 1.29 is 0 Å². The summed E-state index contributed by atoms with van der Waals surface area (Å²) in [5.41, 5.74) is 1.40. The van der Waals surface area contributed by atoms with Crippen molar-refractivity contribution in [1.82, 2.24) is 5.32 Å². The van der Waals surface area contributed by atoms with E-state index in [9.17, 15) is 0 Å². The summed E-state index contributed by atoms with van der Waals surface area (Å²) in [6.45, 7) is 10.0. The van der Waals surface area contributed by atoms with Crippen LogP contribution in [0.3, 0.4) is 0 Å². The zero-order chi connectivity index (χ0) is 13.5. The van der Waals surface area contributed by atoms with Gasteiger partial charge in [0.25, 0.3) is 0 Å². The maximum atomic E-state index is 5.97. The van der Waals surface area contributed by atoms with E-state index in [-0.39, 0.29) is 0 Å². The van der Waals surface area contributed by atoms with Crippen LogP contribution in [-0.2, 0) is 0 Å². The first-order valence-corrected chi connectivity index (χ1v) is 7.41. The molecule has 0 saturated heterocycles. The molecule has 0 aliphatic heterocycles. The fourth-order valence-electron chi connectivity index (χ4n) is 2.38. The molecule has 0 radical (unpaired) electrons. The van der Waals surface area contributed by atoms with Crippen LogP contribution in [0.4, 0.5) is 0 Å². The number of rotatable bonds is 7. The molecule has 2 heteroatoms. The quantitative estimate of drug-likeness (QED) is 0.744. The number of hydrogen-bond acceptors (Lipinski definition) is 1. The zero-order valence-electron chi connectivity index (χ0n) is 12.0. The van der Waals surface area contributed by atoms with Crippen molar-refractivity contribution in [3.63, 3.8) is 0 Å². The summed E-state index contributed by atoms with van der Waals surface area (Å²) in [5, 5.41) is 4.38. The van der Waals surface area contributed by atoms with Crippen LogP contribution in [0.5, 0.6) is 0 Å². The van der Waals surface area contributed by atoms with Gasteiger partial charge in [-0.2, -0.15) is 0 Å². The Morgan fingerprint density at radius 1 is 1.11 bits per heavy atom. The third-order valence-corrected chi connectivity index (χ3v) is 3.73. The molecule has 0 heterocycles. The minimum Gasteiger partial charge on any atom is -0.314 e. The Balaban J connectivity index is 2.78. The topological polar surface area (TPSA) is 12.0 Å². The third-order valence-electron chi connectivity index (χ3n) is 3.48. The summed E-state index contributed by atoms with van der Waals surface area (Å²) in [7, 11) is 0. The molecule has 1 rings (SSSR count). The highest BCUT2D eigenvalue weighted by Gasteiger charge is 2.18. The van der Waals surface area contributed by atoms with E-state index < -0.39 is 0 Å². The summed E-state index contributed by atoms with van der Waals surface area (Å²) in [6, 6.07) is 8.87. The lowest BCUT2D eigenvalue weighted by molar-refractivity contribution is 0.392. The zero-order valence-corrected chi connectivity index (χ0v) is 12.8. The molecule has 1 aromatic rings. The molecule has 1 aromatic carbocycles. The number of hydrogen-bond donors (Lipinski definition) is 1. The molecule has 0 fully saturated rings. The largest absolute Gasteiger partial charge is 0.314 e. The van der Waals surface area contributed by atoms with Crippen LogP contribution in [0.2, 0.25) is 5.02 Å². The Labute approximate surface area is 117 Å². The normalized spacial score (nSPS) is 14.8. The van der Waals surface area contributed by atoms with Crippen LogP contribution in [0.15, 0.2) is 24.3 Å². The van der Waals surface area contributed by atoms with Gasteiger partial charge >= 0.3 is 0 Å². The van der Waals surface area contributed by atoms with Gasteiger partial charge in [-0.3, -0.25) is 0 Å². The van der Waals surface area contributed by atoms with Crippen LogP contribution in [0.1, 0.15) is 52.0 Å². The molecule has 0 aliphatic rings. The van der Waals surface area contributed by atoms with Gasteiger partial charge in [0.15, 0.2) is 0 Å². The standard InChI is InChI=1S/C16H26ClN/c1-5-6-13(4)16(11-18-12(2)3)14-7-9-15(17)10-8-14/h7-10,12-13,16,18H,5-6,11H2,1-4H3. The number of benzene rings is 1. The smallest absolute Gasteiger partial charge is 0.0406 e. The highest BCUT2D eigenvalue weighted by molar-refractivity contribution is 6.30. The third kappa shape index (κ3) is 4.99. The monoisotopic (exact) mass is 267 g/mol. The van der Waals surface area contributed by atoms with E-state index in [2.05, 4.69) is 45.1 Å². The van der Waals surface area contributed by atoms with Gasteiger partial charge in [0, 0.05) is 17.6 Å². The van der Waals surface area contributed by atoms with E-state index >= 15 is 0 Å². The van der Waals surface area contributed by atoms with E-state index in [1.807, 2.05) is 12.1 Å². The maximum absolute atomic E-state index is 5.97. The highest BCUT2D eigenvalue weighted by Crippen LogP contribution is 2.28. The van der Waals surface area contributed by atoms with Crippen LogP contribution in [0.25, 0.3) is 0 Å². The SMILES string of the molecule is CCCC(C)C(CNC(C)C)c1ccc(Cl)cc1. The minimum atomic E-state index is 0.536. The van der Waals surface area contributed by atoms with Gasteiger partial charge in [-0.25, -0.2) is 0 Å². The van der Waals surface area contributed by atoms with Crippen molar-refractivity contribution in [2.24, 2.45) is 5.92 Å². The van der Waals surface area contributed by atoms with Crippen LogP contribution >= 0.6 is 11.6 Å². The summed E-state index contributed by atoms with van der Waals surface area (Å²) in [4.78, 5) is 0. The van der Waals surface area contributed by atoms with Crippen molar-refractivity contribution in [2.75, 3.05) is 6.54 Å². The molecule has 0 amide bonds. The van der Waals surface area contributed by atoms with Crippen LogP contribution in [0, 0.1) is 5.92 Å². The predicted molar refractivity (Wildman–Crippen MR) is 81.4 cm³/mol. The molecular weight excluding hydrogens is 242 g/mol. The van der Waals surface area contributed by atoms with Gasteiger partial charge in [0.2, 0.25) is 0 Å². The first-order valence-electron chi connectivity index (χ1n) is 7.03. The molecule has 2 atom stereocenters. The van der Waals surface area contributed by atoms with Crippen LogP contribution in [-0.4, -0.2) is 12.6 Å². The van der Waals surface area contributed by atoms with Crippen molar-refractivity contribution in [2.45, 2.75) is 52.5 Å². The number of halogens is 1. The molecule has 0 spiro atoms. The minimum absolute atomic E-state index is 0.536. The number of nitrogens with one attached hydrogen (secondary N) is 1. The van der Waals surface area contributed by atoms with Gasteiger partial charge in [0.05, 0.1) is 0 Å². The Morgan fingerprint density at radius 3 is 2.22 bits per heavy atom. The molecule has 0 saturated carbocycles. The summed E-state index contributed by atoms with van der Waals surface area (Å²) >= 11 is 5.97. The van der Waals surface area contributed by atoms with Crippen LogP contribution < -0.4 is 5.32 Å². The van der Waals surface area contributed by atoms with Gasteiger partial charge in [-0.1, -0.05) is 64.3 Å². The van der Waals surface area contributed by atoms with Gasteiger partial charge in [0.1, 0.15) is 0 Å². The summed E-state index contributed by atoms with van der Waals surface area (Å²) < 4.78 is 0. The molecule has 102 valence electrons. The van der Waals surface area contributed by atoms with E-state index in [0.717, 1.165) is 11.6 Å². The molecule has 1 nitrogen and oxygen atoms in total. The van der Waals surface area contributed by atoms with Crippen molar-refractivity contribution in [1.29, 1.82) is 0 Å². The Bertz CT molecular complexity index is 331. The van der Waals surface area contributed by atoms with Gasteiger partial charge in [-0.15, -0.1) is 0 Å². The van der Waals surface area contributed by atoms with Crippen molar-refractivity contribution in [3.05, 3.63) is 34.9 Å². The lowest BCUT2D eigenvalue weighted by atomic mass is 9.84. The van der Waals surface area contributed by atoms with Gasteiger partial charge < -0.3 is 5.32 Å². The first-order chi connectivity index (χ1) is 8.54. The average Bonchev–Trinajstić information content (AvgIpc) is 2.31. The Hall–Kier alpha value is -0.530. The lowest BCUT2D eigenvalue weighted by Gasteiger charge is -2.26. The van der Waals surface area contributed by atoms with Gasteiger partial charge in [-0.05, 0) is 29.5 Å². The maximum Gasteiger partial charge on any atom is 0.0406 e. The fourth-order valence-corrected chi connectivity index (χ4v) is 2.50. The predicted octanol–water partition coefficient (Wildman–Crippen LogP) is 4.86. The van der Waals surface area contributed by atoms with E-state index in [0.29, 0.717) is 17.9 Å². The van der Waals surface area contributed by atoms with Crippen molar-refractivity contribution >= 4 is 11.6 Å². The second-order valence-electron chi connectivity index (χ2n) is 5.49. The van der Waals surface area contributed by atoms with Crippen molar-refractivity contribution in [3.8, 4) is 0 Å². The molecule has 1 N–H and O–H groups in total. The summed E-state index contributed by atoms with van der Waals surface area (Å²) in [5.74, 6) is 1.27. The molecular formula is C16H26ClN. The fraction of sp³-hybridized carbons (Fsp3) is 0.625. The average molecular weight is 268 g/mol. The molecule has 18 heavy (non-hydrogen) atoms. The second-order valence-corrected chi connectivity index (χ2v) is 5.92. The molecule has 2 unspecified atom stereocenters. The van der Waals surface area contributed by atoms with E-state index in [4.69, 9.17) is 11.6 Å². The molecule has 0 aromatic heterocycles. The second kappa shape index (κ2) is 7.81. The van der Waals surface area contributed by atoms with E-state index in [1.54, 1.807) is 0 Å². The summed E-state index contributed by atoms with van der Waals surface area (Å²) in [6.07, 6.45) is 2.51. The Kier molecular flexibility index (Phi) is 6.73. The molecule has 0 bridgehead atoms. The lowest BCUT2D eigenvalue weighted by Crippen LogP contribution is -2.30. The van der Waals surface area contributed by atoms with E-state index in [1.165, 1.54) is 18.4 Å². The molecule has 0 aliphatic carbocycles. The Morgan fingerprint density at radius 2 is 1.72 bits per heavy atom.